The predicted octanol–water partition coefficient (Wildman–Crippen LogP) is 4.63. The van der Waals surface area contributed by atoms with Crippen LogP contribution in [0, 0.1) is 28.6 Å². The monoisotopic (exact) mass is 406 g/mol. The molecule has 0 amide bonds. The molecule has 4 aliphatic rings. The molecule has 4 rings (SSSR count). The highest BCUT2D eigenvalue weighted by atomic mass is 35.5. The smallest absolute Gasteiger partial charge is 0.303 e. The van der Waals surface area contributed by atoms with E-state index in [1.54, 1.807) is 6.92 Å². The van der Waals surface area contributed by atoms with Crippen molar-refractivity contribution in [2.24, 2.45) is 28.6 Å². The van der Waals surface area contributed by atoms with Crippen LogP contribution in [0.4, 0.5) is 0 Å². The lowest BCUT2D eigenvalue weighted by Crippen LogP contribution is -2.59. The van der Waals surface area contributed by atoms with Crippen LogP contribution in [-0.2, 0) is 19.1 Å². The number of esters is 1. The quantitative estimate of drug-likeness (QED) is 0.495. The molecule has 0 aliphatic heterocycles. The minimum Gasteiger partial charge on any atom is -0.451 e. The SMILES string of the molecule is CC(=O)O[C@]1(C(C)=O)CC[C@@H]2[C@H]3C[C@@H](Cl)C4=CC(=O)CC[C@@]4(C)[C@@H]3CC[C@@]21C. The molecule has 0 bridgehead atoms. The van der Waals surface area contributed by atoms with Crippen molar-refractivity contribution in [1.29, 1.82) is 0 Å². The third-order valence-corrected chi connectivity index (χ3v) is 9.36. The summed E-state index contributed by atoms with van der Waals surface area (Å²) in [6, 6.07) is 0. The first-order chi connectivity index (χ1) is 13.0. The first kappa shape index (κ1) is 20.1. The Morgan fingerprint density at radius 3 is 2.43 bits per heavy atom. The van der Waals surface area contributed by atoms with Gasteiger partial charge in [0.15, 0.2) is 17.2 Å². The fourth-order valence-electron chi connectivity index (χ4n) is 7.62. The number of hydrogen-bond donors (Lipinski definition) is 0. The molecule has 0 radical (unpaired) electrons. The molecule has 3 fully saturated rings. The van der Waals surface area contributed by atoms with Crippen LogP contribution in [-0.4, -0.2) is 28.5 Å². The first-order valence-corrected chi connectivity index (χ1v) is 11.1. The number of halogens is 1. The number of Topliss-reactive ketones (excluding diaryl/α,β-unsaturated/α-hetero) is 1. The van der Waals surface area contributed by atoms with Gasteiger partial charge in [0.1, 0.15) is 0 Å². The van der Waals surface area contributed by atoms with Crippen LogP contribution in [0.1, 0.15) is 72.6 Å². The molecule has 154 valence electrons. The van der Waals surface area contributed by atoms with E-state index in [2.05, 4.69) is 13.8 Å². The number of allylic oxidation sites excluding steroid dienone is 1. The molecule has 7 atom stereocenters. The molecule has 0 saturated heterocycles. The van der Waals surface area contributed by atoms with Crippen LogP contribution in [0.5, 0.6) is 0 Å². The van der Waals surface area contributed by atoms with Crippen LogP contribution in [0.2, 0.25) is 0 Å². The van der Waals surface area contributed by atoms with Gasteiger partial charge in [-0.3, -0.25) is 14.4 Å². The number of rotatable bonds is 2. The highest BCUT2D eigenvalue weighted by Gasteiger charge is 2.68. The Hall–Kier alpha value is -1.16. The zero-order chi connectivity index (χ0) is 20.5. The first-order valence-electron chi connectivity index (χ1n) is 10.6. The third kappa shape index (κ3) is 2.52. The summed E-state index contributed by atoms with van der Waals surface area (Å²) in [5.74, 6) is 0.976. The van der Waals surface area contributed by atoms with E-state index < -0.39 is 5.60 Å². The Balaban J connectivity index is 1.73. The van der Waals surface area contributed by atoms with E-state index >= 15 is 0 Å². The van der Waals surface area contributed by atoms with Crippen LogP contribution in [0.3, 0.4) is 0 Å². The largest absolute Gasteiger partial charge is 0.451 e. The molecule has 3 saturated carbocycles. The lowest BCUT2D eigenvalue weighted by molar-refractivity contribution is -0.187. The standard InChI is InChI=1S/C23H31ClO4/c1-13(25)23(28-14(2)26)10-7-18-16-12-20(24)19-11-15(27)5-8-21(19,3)17(16)6-9-22(18,23)4/h11,16-18,20H,5-10,12H2,1-4H3/t16-,17+,18+,20+,21-,22-,23-/m0/s1. The lowest BCUT2D eigenvalue weighted by Gasteiger charge is -2.60. The Morgan fingerprint density at radius 1 is 1.11 bits per heavy atom. The van der Waals surface area contributed by atoms with Gasteiger partial charge in [-0.25, -0.2) is 0 Å². The molecule has 5 heteroatoms. The number of carbonyl (C=O) groups excluding carboxylic acids is 3. The van der Waals surface area contributed by atoms with Gasteiger partial charge in [0.2, 0.25) is 0 Å². The number of carbonyl (C=O) groups is 3. The summed E-state index contributed by atoms with van der Waals surface area (Å²) >= 11 is 6.85. The van der Waals surface area contributed by atoms with Crippen molar-refractivity contribution in [3.8, 4) is 0 Å². The van der Waals surface area contributed by atoms with Crippen LogP contribution >= 0.6 is 11.6 Å². The molecule has 28 heavy (non-hydrogen) atoms. The Labute approximate surface area is 172 Å². The molecule has 0 heterocycles. The number of ether oxygens (including phenoxy) is 1. The van der Waals surface area contributed by atoms with Crippen molar-refractivity contribution in [3.63, 3.8) is 0 Å². The van der Waals surface area contributed by atoms with Gasteiger partial charge in [-0.15, -0.1) is 11.6 Å². The Morgan fingerprint density at radius 2 is 1.79 bits per heavy atom. The number of fused-ring (bicyclic) bond motifs is 5. The van der Waals surface area contributed by atoms with E-state index in [-0.39, 0.29) is 33.7 Å². The molecule has 0 N–H and O–H groups in total. The predicted molar refractivity (Wildman–Crippen MR) is 107 cm³/mol. The highest BCUT2D eigenvalue weighted by Crippen LogP contribution is 2.68. The van der Waals surface area contributed by atoms with E-state index in [9.17, 15) is 14.4 Å². The van der Waals surface area contributed by atoms with E-state index in [0.717, 1.165) is 37.7 Å². The molecule has 0 aromatic rings. The highest BCUT2D eigenvalue weighted by molar-refractivity contribution is 6.23. The fraction of sp³-hybridized carbons (Fsp3) is 0.783. The summed E-state index contributed by atoms with van der Waals surface area (Å²) in [4.78, 5) is 36.7. The Bertz CT molecular complexity index is 773. The minimum absolute atomic E-state index is 0.0283. The maximum Gasteiger partial charge on any atom is 0.303 e. The van der Waals surface area contributed by atoms with E-state index in [1.165, 1.54) is 6.92 Å². The maximum atomic E-state index is 12.8. The average molecular weight is 407 g/mol. The summed E-state index contributed by atoms with van der Waals surface area (Å²) in [5, 5.41) is -0.126. The van der Waals surface area contributed by atoms with Gasteiger partial charge in [-0.1, -0.05) is 13.8 Å². The molecule has 0 unspecified atom stereocenters. The second-order valence-electron chi connectivity index (χ2n) is 10.0. The molecule has 4 nitrogen and oxygen atoms in total. The third-order valence-electron chi connectivity index (χ3n) is 8.94. The van der Waals surface area contributed by atoms with Crippen molar-refractivity contribution < 1.29 is 19.1 Å². The second-order valence-corrected chi connectivity index (χ2v) is 10.6. The summed E-state index contributed by atoms with van der Waals surface area (Å²) in [7, 11) is 0. The zero-order valence-corrected chi connectivity index (χ0v) is 18.1. The molecule has 0 aromatic carbocycles. The fourth-order valence-corrected chi connectivity index (χ4v) is 8.14. The van der Waals surface area contributed by atoms with E-state index in [1.807, 2.05) is 6.08 Å². The summed E-state index contributed by atoms with van der Waals surface area (Å²) in [5.41, 5.74) is -0.251. The van der Waals surface area contributed by atoms with E-state index in [4.69, 9.17) is 16.3 Å². The average Bonchev–Trinajstić information content (AvgIpc) is 2.90. The second kappa shape index (κ2) is 6.42. The van der Waals surface area contributed by atoms with Gasteiger partial charge in [0.25, 0.3) is 0 Å². The van der Waals surface area contributed by atoms with Crippen molar-refractivity contribution in [3.05, 3.63) is 11.6 Å². The van der Waals surface area contributed by atoms with Gasteiger partial charge >= 0.3 is 5.97 Å². The van der Waals surface area contributed by atoms with Gasteiger partial charge in [-0.2, -0.15) is 0 Å². The summed E-state index contributed by atoms with van der Waals surface area (Å²) in [6.07, 6.45) is 7.48. The number of ketones is 2. The lowest BCUT2D eigenvalue weighted by atomic mass is 9.46. The number of hydrogen-bond acceptors (Lipinski definition) is 4. The molecular weight excluding hydrogens is 376 g/mol. The van der Waals surface area contributed by atoms with Gasteiger partial charge in [0, 0.05) is 18.8 Å². The summed E-state index contributed by atoms with van der Waals surface area (Å²) in [6.45, 7) is 7.42. The number of alkyl halides is 1. The van der Waals surface area contributed by atoms with Crippen molar-refractivity contribution >= 4 is 29.1 Å². The van der Waals surface area contributed by atoms with Crippen molar-refractivity contribution in [1.82, 2.24) is 0 Å². The molecule has 4 aliphatic carbocycles. The van der Waals surface area contributed by atoms with Crippen LogP contribution in [0.25, 0.3) is 0 Å². The molecular formula is C23H31ClO4. The minimum atomic E-state index is -1.00. The molecule has 0 aromatic heterocycles. The normalized spacial score (nSPS) is 47.5. The molecule has 0 spiro atoms. The van der Waals surface area contributed by atoms with Gasteiger partial charge < -0.3 is 4.74 Å². The topological polar surface area (TPSA) is 60.4 Å². The van der Waals surface area contributed by atoms with Crippen molar-refractivity contribution in [2.45, 2.75) is 83.6 Å². The van der Waals surface area contributed by atoms with Gasteiger partial charge in [-0.05, 0) is 80.3 Å². The van der Waals surface area contributed by atoms with E-state index in [0.29, 0.717) is 30.6 Å². The zero-order valence-electron chi connectivity index (χ0n) is 17.3. The van der Waals surface area contributed by atoms with Crippen LogP contribution in [0.15, 0.2) is 11.6 Å². The van der Waals surface area contributed by atoms with Gasteiger partial charge in [0.05, 0.1) is 5.38 Å². The van der Waals surface area contributed by atoms with Crippen LogP contribution < -0.4 is 0 Å². The summed E-state index contributed by atoms with van der Waals surface area (Å²) < 4.78 is 5.81. The maximum absolute atomic E-state index is 12.8. The Kier molecular flexibility index (Phi) is 4.61. The van der Waals surface area contributed by atoms with Crippen molar-refractivity contribution in [2.75, 3.05) is 0 Å².